The Kier molecular flexibility index (Phi) is 3.43. The van der Waals surface area contributed by atoms with Gasteiger partial charge in [-0.3, -0.25) is 4.79 Å². The van der Waals surface area contributed by atoms with E-state index in [0.29, 0.717) is 21.8 Å². The maximum Gasteiger partial charge on any atom is 0.195 e. The van der Waals surface area contributed by atoms with Crippen molar-refractivity contribution in [1.29, 1.82) is 0 Å². The van der Waals surface area contributed by atoms with Crippen LogP contribution in [0.15, 0.2) is 24.3 Å². The molecule has 0 fully saturated rings. The molecule has 0 N–H and O–H groups in total. The zero-order chi connectivity index (χ0) is 13.3. The molecule has 1 heterocycles. The highest BCUT2D eigenvalue weighted by molar-refractivity contribution is 6.31. The molecule has 0 saturated heterocycles. The van der Waals surface area contributed by atoms with E-state index >= 15 is 0 Å². The van der Waals surface area contributed by atoms with E-state index in [9.17, 15) is 4.79 Å². The lowest BCUT2D eigenvalue weighted by Crippen LogP contribution is -2.07. The smallest absolute Gasteiger partial charge is 0.195 e. The van der Waals surface area contributed by atoms with Crippen molar-refractivity contribution >= 4 is 17.4 Å². The van der Waals surface area contributed by atoms with E-state index in [4.69, 9.17) is 11.6 Å². The molecule has 1 aromatic carbocycles. The Bertz CT molecular complexity index is 623. The van der Waals surface area contributed by atoms with E-state index < -0.39 is 0 Å². The molecule has 18 heavy (non-hydrogen) atoms. The van der Waals surface area contributed by atoms with Crippen molar-refractivity contribution in [2.45, 2.75) is 20.8 Å². The van der Waals surface area contributed by atoms with Gasteiger partial charge in [-0.1, -0.05) is 23.7 Å². The van der Waals surface area contributed by atoms with Crippen LogP contribution in [0, 0.1) is 20.8 Å². The summed E-state index contributed by atoms with van der Waals surface area (Å²) in [5.41, 5.74) is 3.45. The van der Waals surface area contributed by atoms with Crippen LogP contribution in [0.25, 0.3) is 0 Å². The second kappa shape index (κ2) is 4.86. The van der Waals surface area contributed by atoms with Crippen molar-refractivity contribution in [2.75, 3.05) is 0 Å². The summed E-state index contributed by atoms with van der Waals surface area (Å²) >= 11 is 6.04. The van der Waals surface area contributed by atoms with Crippen LogP contribution in [0.2, 0.25) is 5.02 Å². The van der Waals surface area contributed by atoms with E-state index in [1.807, 2.05) is 19.9 Å². The van der Waals surface area contributed by atoms with Crippen LogP contribution in [0.3, 0.4) is 0 Å². The number of halogens is 1. The number of hydrogen-bond acceptors (Lipinski definition) is 3. The summed E-state index contributed by atoms with van der Waals surface area (Å²) in [5.74, 6) is -0.0765. The van der Waals surface area contributed by atoms with Gasteiger partial charge in [0.05, 0.1) is 11.4 Å². The van der Waals surface area contributed by atoms with Gasteiger partial charge in [0.2, 0.25) is 0 Å². The Morgan fingerprint density at radius 1 is 1.11 bits per heavy atom. The van der Waals surface area contributed by atoms with Gasteiger partial charge in [-0.15, -0.1) is 0 Å². The third-order valence-corrected chi connectivity index (χ3v) is 3.19. The second-order valence-electron chi connectivity index (χ2n) is 4.28. The van der Waals surface area contributed by atoms with E-state index in [-0.39, 0.29) is 5.78 Å². The number of hydrogen-bond donors (Lipinski definition) is 0. The summed E-state index contributed by atoms with van der Waals surface area (Å²) in [4.78, 5) is 12.4. The largest absolute Gasteiger partial charge is 0.289 e. The van der Waals surface area contributed by atoms with E-state index in [0.717, 1.165) is 11.3 Å². The molecule has 0 amide bonds. The van der Waals surface area contributed by atoms with Gasteiger partial charge in [-0.25, -0.2) is 0 Å². The van der Waals surface area contributed by atoms with Gasteiger partial charge in [0.15, 0.2) is 5.78 Å². The lowest BCUT2D eigenvalue weighted by atomic mass is 10.0. The number of ketones is 1. The molecule has 0 radical (unpaired) electrons. The SMILES string of the molecule is Cc1cc(C(=O)c2ccc(C)c(Cl)c2)c(C)nn1. The van der Waals surface area contributed by atoms with Gasteiger partial charge >= 0.3 is 0 Å². The number of benzene rings is 1. The molecule has 0 aliphatic heterocycles. The van der Waals surface area contributed by atoms with Gasteiger partial charge in [-0.05, 0) is 38.5 Å². The topological polar surface area (TPSA) is 42.9 Å². The minimum atomic E-state index is -0.0765. The Morgan fingerprint density at radius 3 is 2.50 bits per heavy atom. The first-order valence-corrected chi connectivity index (χ1v) is 5.98. The molecular weight excluding hydrogens is 248 g/mol. The van der Waals surface area contributed by atoms with Crippen LogP contribution >= 0.6 is 11.6 Å². The monoisotopic (exact) mass is 260 g/mol. The third-order valence-electron chi connectivity index (χ3n) is 2.78. The molecular formula is C14H13ClN2O. The van der Waals surface area contributed by atoms with Crippen LogP contribution in [0.1, 0.15) is 32.9 Å². The third kappa shape index (κ3) is 2.41. The maximum absolute atomic E-state index is 12.4. The first-order chi connectivity index (χ1) is 8.49. The zero-order valence-corrected chi connectivity index (χ0v) is 11.2. The van der Waals surface area contributed by atoms with Crippen molar-refractivity contribution in [1.82, 2.24) is 10.2 Å². The predicted octanol–water partition coefficient (Wildman–Crippen LogP) is 3.29. The van der Waals surface area contributed by atoms with Crippen molar-refractivity contribution in [3.05, 3.63) is 57.4 Å². The highest BCUT2D eigenvalue weighted by Crippen LogP contribution is 2.20. The van der Waals surface area contributed by atoms with Crippen molar-refractivity contribution in [2.24, 2.45) is 0 Å². The summed E-state index contributed by atoms with van der Waals surface area (Å²) in [6.45, 7) is 5.49. The Hall–Kier alpha value is -1.74. The fourth-order valence-electron chi connectivity index (χ4n) is 1.67. The van der Waals surface area contributed by atoms with Gasteiger partial charge in [0.1, 0.15) is 0 Å². The fraction of sp³-hybridized carbons (Fsp3) is 0.214. The maximum atomic E-state index is 12.4. The number of aryl methyl sites for hydroxylation is 3. The molecule has 0 saturated carbocycles. The molecule has 0 aliphatic carbocycles. The molecule has 0 unspecified atom stereocenters. The van der Waals surface area contributed by atoms with Crippen LogP contribution < -0.4 is 0 Å². The number of carbonyl (C=O) groups is 1. The van der Waals surface area contributed by atoms with Crippen LogP contribution in [-0.4, -0.2) is 16.0 Å². The molecule has 0 spiro atoms. The van der Waals surface area contributed by atoms with Gasteiger partial charge in [0, 0.05) is 16.1 Å². The minimum absolute atomic E-state index is 0.0765. The summed E-state index contributed by atoms with van der Waals surface area (Å²) in [7, 11) is 0. The fourth-order valence-corrected chi connectivity index (χ4v) is 1.85. The summed E-state index contributed by atoms with van der Waals surface area (Å²) < 4.78 is 0. The lowest BCUT2D eigenvalue weighted by molar-refractivity contribution is 0.103. The highest BCUT2D eigenvalue weighted by atomic mass is 35.5. The second-order valence-corrected chi connectivity index (χ2v) is 4.69. The molecule has 92 valence electrons. The first-order valence-electron chi connectivity index (χ1n) is 5.61. The summed E-state index contributed by atoms with van der Waals surface area (Å²) in [6.07, 6.45) is 0. The molecule has 4 heteroatoms. The summed E-state index contributed by atoms with van der Waals surface area (Å²) in [5, 5.41) is 8.47. The molecule has 2 aromatic rings. The minimum Gasteiger partial charge on any atom is -0.289 e. The molecule has 0 aliphatic rings. The average molecular weight is 261 g/mol. The van der Waals surface area contributed by atoms with Crippen molar-refractivity contribution in [3.63, 3.8) is 0 Å². The van der Waals surface area contributed by atoms with Gasteiger partial charge in [0.25, 0.3) is 0 Å². The van der Waals surface area contributed by atoms with Crippen LogP contribution in [-0.2, 0) is 0 Å². The standard InChI is InChI=1S/C14H13ClN2O/c1-8-4-5-11(7-13(8)15)14(18)12-6-9(2)16-17-10(12)3/h4-7H,1-3H3. The van der Waals surface area contributed by atoms with Crippen LogP contribution in [0.4, 0.5) is 0 Å². The first kappa shape index (κ1) is 12.7. The number of nitrogens with zero attached hydrogens (tertiary/aromatic N) is 2. The van der Waals surface area contributed by atoms with Crippen molar-refractivity contribution in [3.8, 4) is 0 Å². The quantitative estimate of drug-likeness (QED) is 0.778. The average Bonchev–Trinajstić information content (AvgIpc) is 2.35. The van der Waals surface area contributed by atoms with Crippen LogP contribution in [0.5, 0.6) is 0 Å². The van der Waals surface area contributed by atoms with E-state index in [1.165, 1.54) is 0 Å². The number of aromatic nitrogens is 2. The molecule has 1 aromatic heterocycles. The van der Waals surface area contributed by atoms with E-state index in [2.05, 4.69) is 10.2 Å². The molecule has 2 rings (SSSR count). The number of carbonyl (C=O) groups excluding carboxylic acids is 1. The lowest BCUT2D eigenvalue weighted by Gasteiger charge is -2.06. The number of rotatable bonds is 2. The predicted molar refractivity (Wildman–Crippen MR) is 71.1 cm³/mol. The Labute approximate surface area is 111 Å². The molecule has 0 atom stereocenters. The van der Waals surface area contributed by atoms with E-state index in [1.54, 1.807) is 25.1 Å². The zero-order valence-electron chi connectivity index (χ0n) is 10.5. The highest BCUT2D eigenvalue weighted by Gasteiger charge is 2.14. The normalized spacial score (nSPS) is 10.4. The van der Waals surface area contributed by atoms with Gasteiger partial charge in [-0.2, -0.15) is 10.2 Å². The Balaban J connectivity index is 2.47. The molecule has 3 nitrogen and oxygen atoms in total. The molecule has 0 bridgehead atoms. The summed E-state index contributed by atoms with van der Waals surface area (Å²) in [6, 6.07) is 7.05. The van der Waals surface area contributed by atoms with Gasteiger partial charge < -0.3 is 0 Å². The Morgan fingerprint density at radius 2 is 1.83 bits per heavy atom. The van der Waals surface area contributed by atoms with Crippen molar-refractivity contribution < 1.29 is 4.79 Å².